The zero-order chi connectivity index (χ0) is 28.8. The molecular formula is C28H36N4O7. The van der Waals surface area contributed by atoms with Gasteiger partial charge in [-0.3, -0.25) is 14.4 Å². The number of hydrogen-bond donors (Lipinski definition) is 4. The summed E-state index contributed by atoms with van der Waals surface area (Å²) in [4.78, 5) is 62.1. The largest absolute Gasteiger partial charge is 0.467 e. The van der Waals surface area contributed by atoms with Crippen molar-refractivity contribution in [1.82, 2.24) is 21.3 Å². The average Bonchev–Trinajstić information content (AvgIpc) is 2.89. The predicted molar refractivity (Wildman–Crippen MR) is 143 cm³/mol. The van der Waals surface area contributed by atoms with Crippen molar-refractivity contribution >= 4 is 29.8 Å². The zero-order valence-corrected chi connectivity index (χ0v) is 22.6. The van der Waals surface area contributed by atoms with Crippen molar-refractivity contribution in [3.63, 3.8) is 0 Å². The van der Waals surface area contributed by atoms with E-state index in [-0.39, 0.29) is 12.8 Å². The minimum absolute atomic E-state index is 0.145. The SMILES string of the molecule is COC(=O)[C@@H](Cc1ccccc1)NC(=O)[C@@H](Cc1ccccc1)NC(=O)CNC(=O)CNC(=O)OC(C)(C)C. The summed E-state index contributed by atoms with van der Waals surface area (Å²) in [5.74, 6) is -2.46. The van der Waals surface area contributed by atoms with Crippen LogP contribution in [0.15, 0.2) is 60.7 Å². The molecule has 0 aromatic heterocycles. The quantitative estimate of drug-likeness (QED) is 0.296. The molecule has 0 radical (unpaired) electrons. The van der Waals surface area contributed by atoms with Gasteiger partial charge in [-0.1, -0.05) is 60.7 Å². The van der Waals surface area contributed by atoms with Gasteiger partial charge in [-0.2, -0.15) is 0 Å². The minimum Gasteiger partial charge on any atom is -0.467 e. The summed E-state index contributed by atoms with van der Waals surface area (Å²) in [6, 6.07) is 16.2. The number of nitrogens with one attached hydrogen (secondary N) is 4. The first kappa shape index (κ1) is 30.8. The molecule has 2 rings (SSSR count). The van der Waals surface area contributed by atoms with Crippen LogP contribution in [0.25, 0.3) is 0 Å². The molecule has 39 heavy (non-hydrogen) atoms. The Morgan fingerprint density at radius 2 is 1.23 bits per heavy atom. The van der Waals surface area contributed by atoms with Crippen LogP contribution in [0.2, 0.25) is 0 Å². The van der Waals surface area contributed by atoms with E-state index >= 15 is 0 Å². The normalized spacial score (nSPS) is 12.3. The van der Waals surface area contributed by atoms with Crippen LogP contribution >= 0.6 is 0 Å². The maximum Gasteiger partial charge on any atom is 0.408 e. The average molecular weight is 541 g/mol. The highest BCUT2D eigenvalue weighted by Gasteiger charge is 2.28. The van der Waals surface area contributed by atoms with Crippen molar-refractivity contribution in [2.45, 2.75) is 51.3 Å². The van der Waals surface area contributed by atoms with Crippen LogP contribution in [0.4, 0.5) is 4.79 Å². The fourth-order valence-electron chi connectivity index (χ4n) is 3.47. The Hall–Kier alpha value is -4.41. The number of methoxy groups -OCH3 is 1. The number of esters is 1. The first-order chi connectivity index (χ1) is 18.5. The summed E-state index contributed by atoms with van der Waals surface area (Å²) in [6.45, 7) is 4.24. The van der Waals surface area contributed by atoms with Gasteiger partial charge in [-0.25, -0.2) is 9.59 Å². The van der Waals surface area contributed by atoms with Crippen molar-refractivity contribution in [3.8, 4) is 0 Å². The van der Waals surface area contributed by atoms with E-state index in [2.05, 4.69) is 21.3 Å². The van der Waals surface area contributed by atoms with E-state index in [1.165, 1.54) is 7.11 Å². The Balaban J connectivity index is 2.02. The van der Waals surface area contributed by atoms with E-state index in [4.69, 9.17) is 9.47 Å². The lowest BCUT2D eigenvalue weighted by atomic mass is 10.0. The fraction of sp³-hybridized carbons (Fsp3) is 0.393. The molecule has 0 bridgehead atoms. The monoisotopic (exact) mass is 540 g/mol. The van der Waals surface area contributed by atoms with Crippen LogP contribution in [-0.2, 0) is 41.5 Å². The van der Waals surface area contributed by atoms with Crippen molar-refractivity contribution in [3.05, 3.63) is 71.8 Å². The van der Waals surface area contributed by atoms with Gasteiger partial charge in [0.25, 0.3) is 0 Å². The van der Waals surface area contributed by atoms with Gasteiger partial charge < -0.3 is 30.7 Å². The lowest BCUT2D eigenvalue weighted by Gasteiger charge is -2.23. The summed E-state index contributed by atoms with van der Waals surface area (Å²) in [5.41, 5.74) is 0.878. The van der Waals surface area contributed by atoms with Crippen molar-refractivity contribution in [2.75, 3.05) is 20.2 Å². The molecule has 0 fully saturated rings. The molecule has 0 aliphatic rings. The maximum absolute atomic E-state index is 13.3. The molecule has 0 spiro atoms. The van der Waals surface area contributed by atoms with E-state index in [1.54, 1.807) is 45.0 Å². The van der Waals surface area contributed by atoms with Crippen LogP contribution in [0.5, 0.6) is 0 Å². The Bertz CT molecular complexity index is 1120. The molecule has 2 aromatic carbocycles. The van der Waals surface area contributed by atoms with Gasteiger partial charge in [0.1, 0.15) is 24.2 Å². The van der Waals surface area contributed by atoms with Crippen molar-refractivity contribution in [1.29, 1.82) is 0 Å². The van der Waals surface area contributed by atoms with Gasteiger partial charge >= 0.3 is 12.1 Å². The Morgan fingerprint density at radius 3 is 1.74 bits per heavy atom. The topological polar surface area (TPSA) is 152 Å². The Labute approximate surface area is 228 Å². The smallest absolute Gasteiger partial charge is 0.408 e. The van der Waals surface area contributed by atoms with Crippen LogP contribution < -0.4 is 21.3 Å². The van der Waals surface area contributed by atoms with E-state index in [0.29, 0.717) is 0 Å². The lowest BCUT2D eigenvalue weighted by molar-refractivity contribution is -0.145. The molecule has 4 N–H and O–H groups in total. The summed E-state index contributed by atoms with van der Waals surface area (Å²) in [6.07, 6.45) is -0.421. The lowest BCUT2D eigenvalue weighted by Crippen LogP contribution is -2.54. The van der Waals surface area contributed by atoms with Gasteiger partial charge in [0, 0.05) is 12.8 Å². The molecule has 0 saturated carbocycles. The number of benzene rings is 2. The highest BCUT2D eigenvalue weighted by molar-refractivity contribution is 5.92. The Morgan fingerprint density at radius 1 is 0.718 bits per heavy atom. The summed E-state index contributed by atoms with van der Waals surface area (Å²) < 4.78 is 9.93. The standard InChI is InChI=1S/C28H36N4O7/c1-28(2,3)39-27(37)30-17-23(33)29-18-24(34)31-21(15-19-11-7-5-8-12-19)25(35)32-22(26(36)38-4)16-20-13-9-6-10-14-20/h5-14,21-22H,15-18H2,1-4H3,(H,29,33)(H,30,37)(H,31,34)(H,32,35)/t21-,22-/m1/s1. The van der Waals surface area contributed by atoms with Gasteiger partial charge in [0.2, 0.25) is 17.7 Å². The fourth-order valence-corrected chi connectivity index (χ4v) is 3.47. The first-order valence-corrected chi connectivity index (χ1v) is 12.5. The Kier molecular flexibility index (Phi) is 11.9. The molecule has 2 aromatic rings. The van der Waals surface area contributed by atoms with E-state index in [9.17, 15) is 24.0 Å². The number of amides is 4. The number of carbonyl (C=O) groups excluding carboxylic acids is 5. The number of rotatable bonds is 12. The van der Waals surface area contributed by atoms with E-state index in [0.717, 1.165) is 11.1 Å². The molecule has 0 heterocycles. The molecule has 11 nitrogen and oxygen atoms in total. The summed E-state index contributed by atoms with van der Waals surface area (Å²) in [7, 11) is 1.23. The number of ether oxygens (including phenoxy) is 2. The molecule has 11 heteroatoms. The van der Waals surface area contributed by atoms with Crippen molar-refractivity contribution < 1.29 is 33.4 Å². The van der Waals surface area contributed by atoms with E-state index in [1.807, 2.05) is 36.4 Å². The van der Waals surface area contributed by atoms with Crippen LogP contribution in [-0.4, -0.2) is 67.7 Å². The van der Waals surface area contributed by atoms with Crippen molar-refractivity contribution in [2.24, 2.45) is 0 Å². The van der Waals surface area contributed by atoms with Gasteiger partial charge in [-0.05, 0) is 31.9 Å². The summed E-state index contributed by atoms with van der Waals surface area (Å²) in [5, 5.41) is 9.98. The van der Waals surface area contributed by atoms with Crippen LogP contribution in [0.3, 0.4) is 0 Å². The second-order valence-corrected chi connectivity index (χ2v) is 9.72. The van der Waals surface area contributed by atoms with Gasteiger partial charge in [-0.15, -0.1) is 0 Å². The van der Waals surface area contributed by atoms with Crippen LogP contribution in [0.1, 0.15) is 31.9 Å². The van der Waals surface area contributed by atoms with Gasteiger partial charge in [0.15, 0.2) is 0 Å². The molecule has 210 valence electrons. The molecule has 0 unspecified atom stereocenters. The molecule has 4 amide bonds. The minimum atomic E-state index is -1.04. The third-order valence-electron chi connectivity index (χ3n) is 5.26. The third-order valence-corrected chi connectivity index (χ3v) is 5.26. The highest BCUT2D eigenvalue weighted by atomic mass is 16.6. The number of alkyl carbamates (subject to hydrolysis) is 1. The second kappa shape index (κ2) is 15.1. The van der Waals surface area contributed by atoms with Crippen LogP contribution in [0, 0.1) is 0 Å². The molecule has 0 aliphatic heterocycles. The highest BCUT2D eigenvalue weighted by Crippen LogP contribution is 2.08. The predicted octanol–water partition coefficient (Wildman–Crippen LogP) is 1.26. The number of hydrogen-bond acceptors (Lipinski definition) is 7. The first-order valence-electron chi connectivity index (χ1n) is 12.5. The summed E-state index contributed by atoms with van der Waals surface area (Å²) >= 11 is 0. The second-order valence-electron chi connectivity index (χ2n) is 9.72. The third kappa shape index (κ3) is 12.1. The van der Waals surface area contributed by atoms with E-state index < -0.39 is 60.6 Å². The zero-order valence-electron chi connectivity index (χ0n) is 22.6. The molecule has 0 saturated heterocycles. The number of carbonyl (C=O) groups is 5. The maximum atomic E-state index is 13.3. The van der Waals surface area contributed by atoms with Gasteiger partial charge in [0.05, 0.1) is 13.7 Å². The molecular weight excluding hydrogens is 504 g/mol. The molecule has 0 aliphatic carbocycles. The molecule has 2 atom stereocenters.